The van der Waals surface area contributed by atoms with Gasteiger partial charge in [-0.2, -0.15) is 0 Å². The molecule has 0 aromatic heterocycles. The lowest BCUT2D eigenvalue weighted by atomic mass is 9.99. The first-order valence-electron chi connectivity index (χ1n) is 9.15. The molecule has 0 fully saturated rings. The van der Waals surface area contributed by atoms with Gasteiger partial charge < -0.3 is 5.32 Å². The van der Waals surface area contributed by atoms with Crippen molar-refractivity contribution in [2.45, 2.75) is 17.5 Å². The molecule has 0 aliphatic rings. The summed E-state index contributed by atoms with van der Waals surface area (Å²) in [5, 5.41) is 11.2. The van der Waals surface area contributed by atoms with Crippen LogP contribution in [0.4, 0.5) is 0 Å². The highest BCUT2D eigenvalue weighted by molar-refractivity contribution is 7.89. The smallest absolute Gasteiger partial charge is 0.238 e. The first kappa shape index (κ1) is 20.7. The standard InChI is InChI=1S/C22H23N3O3S/c23-29(27,28)20-13-11-17(12-14-20)15-24-21(26)16-25-22(18-7-3-1-4-8-18)19-9-5-2-6-10-19/h1-14,22,25H,15-16H2,(H,24,26)(H2,23,27,28). The van der Waals surface area contributed by atoms with Crippen LogP contribution in [0.15, 0.2) is 89.8 Å². The molecule has 6 nitrogen and oxygen atoms in total. The Bertz CT molecular complexity index is 998. The van der Waals surface area contributed by atoms with E-state index in [9.17, 15) is 13.2 Å². The maximum atomic E-state index is 12.3. The van der Waals surface area contributed by atoms with Gasteiger partial charge in [0.25, 0.3) is 0 Å². The Morgan fingerprint density at radius 3 is 1.83 bits per heavy atom. The largest absolute Gasteiger partial charge is 0.351 e. The fraction of sp³-hybridized carbons (Fsp3) is 0.136. The molecular formula is C22H23N3O3S. The quantitative estimate of drug-likeness (QED) is 0.531. The van der Waals surface area contributed by atoms with Crippen LogP contribution in [0.5, 0.6) is 0 Å². The summed E-state index contributed by atoms with van der Waals surface area (Å²) in [5.74, 6) is -0.155. The van der Waals surface area contributed by atoms with Crippen LogP contribution in [0, 0.1) is 0 Å². The fourth-order valence-corrected chi connectivity index (χ4v) is 3.49. The van der Waals surface area contributed by atoms with E-state index in [1.165, 1.54) is 12.1 Å². The van der Waals surface area contributed by atoms with Crippen molar-refractivity contribution >= 4 is 15.9 Å². The van der Waals surface area contributed by atoms with E-state index in [1.54, 1.807) is 12.1 Å². The lowest BCUT2D eigenvalue weighted by molar-refractivity contribution is -0.120. The van der Waals surface area contributed by atoms with E-state index in [4.69, 9.17) is 5.14 Å². The fourth-order valence-electron chi connectivity index (χ4n) is 2.97. The van der Waals surface area contributed by atoms with E-state index >= 15 is 0 Å². The number of rotatable bonds is 8. The summed E-state index contributed by atoms with van der Waals surface area (Å²) >= 11 is 0. The Balaban J connectivity index is 1.59. The second-order valence-electron chi connectivity index (χ2n) is 6.60. The number of carbonyl (C=O) groups excluding carboxylic acids is 1. The SMILES string of the molecule is NS(=O)(=O)c1ccc(CNC(=O)CNC(c2ccccc2)c2ccccc2)cc1. The van der Waals surface area contributed by atoms with Crippen LogP contribution in [-0.4, -0.2) is 20.9 Å². The molecule has 0 aliphatic heterocycles. The van der Waals surface area contributed by atoms with E-state index in [1.807, 2.05) is 60.7 Å². The number of sulfonamides is 1. The Morgan fingerprint density at radius 2 is 1.34 bits per heavy atom. The van der Waals surface area contributed by atoms with Crippen molar-refractivity contribution < 1.29 is 13.2 Å². The maximum Gasteiger partial charge on any atom is 0.238 e. The van der Waals surface area contributed by atoms with E-state index in [2.05, 4.69) is 10.6 Å². The van der Waals surface area contributed by atoms with Gasteiger partial charge in [0, 0.05) is 6.54 Å². The van der Waals surface area contributed by atoms with Gasteiger partial charge in [-0.3, -0.25) is 10.1 Å². The zero-order chi connectivity index (χ0) is 20.7. The first-order valence-corrected chi connectivity index (χ1v) is 10.7. The van der Waals surface area contributed by atoms with Gasteiger partial charge in [-0.05, 0) is 28.8 Å². The molecule has 3 aromatic carbocycles. The minimum atomic E-state index is -3.72. The lowest BCUT2D eigenvalue weighted by Crippen LogP contribution is -2.35. The van der Waals surface area contributed by atoms with E-state index < -0.39 is 10.0 Å². The van der Waals surface area contributed by atoms with Gasteiger partial charge in [-0.15, -0.1) is 0 Å². The van der Waals surface area contributed by atoms with Crippen molar-refractivity contribution in [3.63, 3.8) is 0 Å². The summed E-state index contributed by atoms with van der Waals surface area (Å²) < 4.78 is 22.6. The second kappa shape index (κ2) is 9.47. The summed E-state index contributed by atoms with van der Waals surface area (Å²) in [6.45, 7) is 0.441. The molecule has 4 N–H and O–H groups in total. The summed E-state index contributed by atoms with van der Waals surface area (Å²) in [4.78, 5) is 12.4. The van der Waals surface area contributed by atoms with Crippen molar-refractivity contribution in [1.29, 1.82) is 0 Å². The molecule has 0 atom stereocenters. The number of nitrogens with two attached hydrogens (primary N) is 1. The number of carbonyl (C=O) groups is 1. The van der Waals surface area contributed by atoms with Crippen molar-refractivity contribution in [2.24, 2.45) is 5.14 Å². The predicted molar refractivity (Wildman–Crippen MR) is 112 cm³/mol. The van der Waals surface area contributed by atoms with Gasteiger partial charge in [0.15, 0.2) is 0 Å². The molecule has 7 heteroatoms. The Hall–Kier alpha value is -3.00. The zero-order valence-corrected chi connectivity index (χ0v) is 16.6. The van der Waals surface area contributed by atoms with Gasteiger partial charge in [-0.1, -0.05) is 72.8 Å². The molecule has 0 heterocycles. The molecule has 3 rings (SSSR count). The average Bonchev–Trinajstić information content (AvgIpc) is 2.73. The van der Waals surface area contributed by atoms with Crippen LogP contribution in [0.2, 0.25) is 0 Å². The zero-order valence-electron chi connectivity index (χ0n) is 15.8. The average molecular weight is 410 g/mol. The Labute approximate surface area is 170 Å². The van der Waals surface area contributed by atoms with Crippen LogP contribution in [0.1, 0.15) is 22.7 Å². The number of hydrogen-bond donors (Lipinski definition) is 3. The highest BCUT2D eigenvalue weighted by atomic mass is 32.2. The van der Waals surface area contributed by atoms with Crippen LogP contribution in [0.3, 0.4) is 0 Å². The topological polar surface area (TPSA) is 101 Å². The summed E-state index contributed by atoms with van der Waals surface area (Å²) in [6, 6.07) is 25.9. The lowest BCUT2D eigenvalue weighted by Gasteiger charge is -2.19. The second-order valence-corrected chi connectivity index (χ2v) is 8.16. The molecule has 29 heavy (non-hydrogen) atoms. The minimum absolute atomic E-state index is 0.0443. The summed E-state index contributed by atoms with van der Waals surface area (Å²) in [5.41, 5.74) is 2.93. The third-order valence-corrected chi connectivity index (χ3v) is 5.40. The predicted octanol–water partition coefficient (Wildman–Crippen LogP) is 2.33. The molecule has 0 saturated heterocycles. The van der Waals surface area contributed by atoms with Gasteiger partial charge >= 0.3 is 0 Å². The molecule has 150 valence electrons. The summed E-state index contributed by atoms with van der Waals surface area (Å²) in [6.07, 6.45) is 0. The van der Waals surface area contributed by atoms with Crippen molar-refractivity contribution in [2.75, 3.05) is 6.54 Å². The van der Waals surface area contributed by atoms with E-state index in [0.29, 0.717) is 6.54 Å². The van der Waals surface area contributed by atoms with Crippen molar-refractivity contribution in [1.82, 2.24) is 10.6 Å². The van der Waals surface area contributed by atoms with Gasteiger partial charge in [0.2, 0.25) is 15.9 Å². The minimum Gasteiger partial charge on any atom is -0.351 e. The molecule has 3 aromatic rings. The van der Waals surface area contributed by atoms with E-state index in [-0.39, 0.29) is 23.4 Å². The van der Waals surface area contributed by atoms with Crippen molar-refractivity contribution in [3.05, 3.63) is 102 Å². The van der Waals surface area contributed by atoms with Crippen LogP contribution in [-0.2, 0) is 21.4 Å². The molecule has 0 spiro atoms. The Morgan fingerprint density at radius 1 is 0.828 bits per heavy atom. The number of nitrogens with one attached hydrogen (secondary N) is 2. The van der Waals surface area contributed by atoms with Gasteiger partial charge in [-0.25, -0.2) is 13.6 Å². The Kier molecular flexibility index (Phi) is 6.77. The van der Waals surface area contributed by atoms with Gasteiger partial charge in [0.1, 0.15) is 0 Å². The normalized spacial score (nSPS) is 11.4. The van der Waals surface area contributed by atoms with Crippen molar-refractivity contribution in [3.8, 4) is 0 Å². The van der Waals surface area contributed by atoms with Crippen LogP contribution >= 0.6 is 0 Å². The molecule has 0 unspecified atom stereocenters. The monoisotopic (exact) mass is 409 g/mol. The summed E-state index contributed by atoms with van der Waals surface area (Å²) in [7, 11) is -3.72. The molecule has 0 radical (unpaired) electrons. The highest BCUT2D eigenvalue weighted by Gasteiger charge is 2.14. The van der Waals surface area contributed by atoms with Crippen LogP contribution in [0.25, 0.3) is 0 Å². The van der Waals surface area contributed by atoms with Gasteiger partial charge in [0.05, 0.1) is 17.5 Å². The molecular weight excluding hydrogens is 386 g/mol. The molecule has 0 aliphatic carbocycles. The number of hydrogen-bond acceptors (Lipinski definition) is 4. The van der Waals surface area contributed by atoms with E-state index in [0.717, 1.165) is 16.7 Å². The number of amides is 1. The highest BCUT2D eigenvalue weighted by Crippen LogP contribution is 2.21. The molecule has 0 saturated carbocycles. The van der Waals surface area contributed by atoms with Crippen LogP contribution < -0.4 is 15.8 Å². The third-order valence-electron chi connectivity index (χ3n) is 4.47. The number of benzene rings is 3. The molecule has 0 bridgehead atoms. The maximum absolute atomic E-state index is 12.3. The number of primary sulfonamides is 1. The third kappa shape index (κ3) is 5.99. The first-order chi connectivity index (χ1) is 13.9. The molecule has 1 amide bonds.